The fourth-order valence-corrected chi connectivity index (χ4v) is 4.05. The Morgan fingerprint density at radius 1 is 0.897 bits per heavy atom. The van der Waals surface area contributed by atoms with Crippen molar-refractivity contribution in [2.75, 3.05) is 17.1 Å². The van der Waals surface area contributed by atoms with Crippen molar-refractivity contribution < 1.29 is 17.9 Å². The highest BCUT2D eigenvalue weighted by Crippen LogP contribution is 2.23. The Balaban J connectivity index is 1.87. The molecule has 6 nitrogen and oxygen atoms in total. The largest absolute Gasteiger partial charge is 0.497 e. The van der Waals surface area contributed by atoms with Crippen molar-refractivity contribution in [2.24, 2.45) is 0 Å². The second-order valence-electron chi connectivity index (χ2n) is 6.66. The molecule has 2 N–H and O–H groups in total. The summed E-state index contributed by atoms with van der Waals surface area (Å²) in [6.07, 6.45) is 0. The van der Waals surface area contributed by atoms with Crippen LogP contribution in [0.3, 0.4) is 0 Å². The van der Waals surface area contributed by atoms with Crippen molar-refractivity contribution in [3.05, 3.63) is 83.4 Å². The summed E-state index contributed by atoms with van der Waals surface area (Å²) in [6.45, 7) is 3.89. The van der Waals surface area contributed by atoms with Crippen LogP contribution < -0.4 is 14.8 Å². The molecule has 0 atom stereocenters. The smallest absolute Gasteiger partial charge is 0.261 e. The number of para-hydroxylation sites is 1. The van der Waals surface area contributed by atoms with Crippen molar-refractivity contribution in [1.82, 2.24) is 0 Å². The third-order valence-electron chi connectivity index (χ3n) is 4.27. The first-order chi connectivity index (χ1) is 13.8. The van der Waals surface area contributed by atoms with Gasteiger partial charge in [0.1, 0.15) is 5.75 Å². The molecule has 0 aliphatic carbocycles. The van der Waals surface area contributed by atoms with Gasteiger partial charge in [0.05, 0.1) is 23.3 Å². The predicted octanol–water partition coefficient (Wildman–Crippen LogP) is 4.37. The molecule has 0 aliphatic rings. The lowest BCUT2D eigenvalue weighted by Gasteiger charge is -2.13. The van der Waals surface area contributed by atoms with Crippen molar-refractivity contribution in [1.29, 1.82) is 0 Å². The Morgan fingerprint density at radius 2 is 1.52 bits per heavy atom. The highest BCUT2D eigenvalue weighted by molar-refractivity contribution is 7.92. The van der Waals surface area contributed by atoms with E-state index in [-0.39, 0.29) is 16.1 Å². The van der Waals surface area contributed by atoms with Crippen LogP contribution in [0.25, 0.3) is 0 Å². The van der Waals surface area contributed by atoms with Crippen LogP contribution in [-0.2, 0) is 10.0 Å². The SMILES string of the molecule is COc1ccc(S(=O)(=O)Nc2ccccc2C(=O)Nc2cc(C)cc(C)c2)cc1. The van der Waals surface area contributed by atoms with E-state index in [0.717, 1.165) is 11.1 Å². The van der Waals surface area contributed by atoms with Gasteiger partial charge in [-0.25, -0.2) is 8.42 Å². The van der Waals surface area contributed by atoms with Gasteiger partial charge in [0.15, 0.2) is 0 Å². The number of benzene rings is 3. The van der Waals surface area contributed by atoms with E-state index in [1.54, 1.807) is 36.4 Å². The topological polar surface area (TPSA) is 84.5 Å². The molecule has 3 rings (SSSR count). The quantitative estimate of drug-likeness (QED) is 0.632. The van der Waals surface area contributed by atoms with Crippen LogP contribution in [-0.4, -0.2) is 21.4 Å². The molecule has 0 unspecified atom stereocenters. The number of aryl methyl sites for hydroxylation is 2. The van der Waals surface area contributed by atoms with Gasteiger partial charge in [0.2, 0.25) is 0 Å². The molecule has 0 saturated heterocycles. The van der Waals surface area contributed by atoms with Gasteiger partial charge in [-0.2, -0.15) is 0 Å². The maximum absolute atomic E-state index is 12.8. The van der Waals surface area contributed by atoms with E-state index < -0.39 is 15.9 Å². The van der Waals surface area contributed by atoms with Crippen molar-refractivity contribution in [3.8, 4) is 5.75 Å². The number of ether oxygens (including phenoxy) is 1. The van der Waals surface area contributed by atoms with Gasteiger partial charge in [-0.1, -0.05) is 18.2 Å². The molecule has 0 bridgehead atoms. The molecule has 0 fully saturated rings. The molecule has 150 valence electrons. The monoisotopic (exact) mass is 410 g/mol. The fraction of sp³-hybridized carbons (Fsp3) is 0.136. The minimum atomic E-state index is -3.87. The summed E-state index contributed by atoms with van der Waals surface area (Å²) in [5, 5.41) is 2.83. The molecular formula is C22H22N2O4S. The summed E-state index contributed by atoms with van der Waals surface area (Å²) in [5.74, 6) is 0.153. The molecule has 0 aliphatic heterocycles. The summed E-state index contributed by atoms with van der Waals surface area (Å²) < 4.78 is 33.0. The molecular weight excluding hydrogens is 388 g/mol. The molecule has 0 aromatic heterocycles. The molecule has 3 aromatic rings. The summed E-state index contributed by atoms with van der Waals surface area (Å²) in [7, 11) is -2.36. The second-order valence-corrected chi connectivity index (χ2v) is 8.34. The normalized spacial score (nSPS) is 11.0. The minimum absolute atomic E-state index is 0.0721. The van der Waals surface area contributed by atoms with Gasteiger partial charge in [0, 0.05) is 5.69 Å². The molecule has 29 heavy (non-hydrogen) atoms. The zero-order valence-corrected chi connectivity index (χ0v) is 17.2. The Labute approximate surface area is 170 Å². The van der Waals surface area contributed by atoms with Gasteiger partial charge in [-0.15, -0.1) is 0 Å². The van der Waals surface area contributed by atoms with Crippen LogP contribution in [0, 0.1) is 13.8 Å². The Kier molecular flexibility index (Phi) is 5.89. The van der Waals surface area contributed by atoms with Crippen LogP contribution in [0.1, 0.15) is 21.5 Å². The Hall–Kier alpha value is -3.32. The third-order valence-corrected chi connectivity index (χ3v) is 5.65. The highest BCUT2D eigenvalue weighted by Gasteiger charge is 2.19. The van der Waals surface area contributed by atoms with Gasteiger partial charge in [0.25, 0.3) is 15.9 Å². The molecule has 3 aromatic carbocycles. The zero-order chi connectivity index (χ0) is 21.0. The van der Waals surface area contributed by atoms with Gasteiger partial charge in [-0.05, 0) is 73.5 Å². The highest BCUT2D eigenvalue weighted by atomic mass is 32.2. The first kappa shape index (κ1) is 20.4. The molecule has 0 heterocycles. The first-order valence-electron chi connectivity index (χ1n) is 8.94. The standard InChI is InChI=1S/C22H22N2O4S/c1-15-12-16(2)14-17(13-15)23-22(25)20-6-4-5-7-21(20)24-29(26,27)19-10-8-18(28-3)9-11-19/h4-14,24H,1-3H3,(H,23,25). The summed E-state index contributed by atoms with van der Waals surface area (Å²) in [6, 6.07) is 18.2. The zero-order valence-electron chi connectivity index (χ0n) is 16.4. The second kappa shape index (κ2) is 8.36. The van der Waals surface area contributed by atoms with E-state index in [1.807, 2.05) is 32.0 Å². The van der Waals surface area contributed by atoms with E-state index in [4.69, 9.17) is 4.74 Å². The Morgan fingerprint density at radius 3 is 2.14 bits per heavy atom. The van der Waals surface area contributed by atoms with Gasteiger partial charge >= 0.3 is 0 Å². The molecule has 0 saturated carbocycles. The van der Waals surface area contributed by atoms with Crippen LogP contribution in [0.4, 0.5) is 11.4 Å². The van der Waals surface area contributed by atoms with Crippen molar-refractivity contribution in [3.63, 3.8) is 0 Å². The number of sulfonamides is 1. The fourth-order valence-electron chi connectivity index (χ4n) is 2.97. The van der Waals surface area contributed by atoms with E-state index >= 15 is 0 Å². The third kappa shape index (κ3) is 4.94. The molecule has 1 amide bonds. The van der Waals surface area contributed by atoms with Gasteiger partial charge in [-0.3, -0.25) is 9.52 Å². The van der Waals surface area contributed by atoms with E-state index in [1.165, 1.54) is 19.2 Å². The minimum Gasteiger partial charge on any atom is -0.497 e. The van der Waals surface area contributed by atoms with Crippen molar-refractivity contribution in [2.45, 2.75) is 18.7 Å². The molecule has 0 spiro atoms. The van der Waals surface area contributed by atoms with Crippen molar-refractivity contribution >= 4 is 27.3 Å². The van der Waals surface area contributed by atoms with Crippen LogP contribution >= 0.6 is 0 Å². The maximum Gasteiger partial charge on any atom is 0.261 e. The number of nitrogens with one attached hydrogen (secondary N) is 2. The number of rotatable bonds is 6. The summed E-state index contributed by atoms with van der Waals surface area (Å²) in [5.41, 5.74) is 3.12. The maximum atomic E-state index is 12.8. The predicted molar refractivity (Wildman–Crippen MR) is 114 cm³/mol. The number of carbonyl (C=O) groups excluding carboxylic acids is 1. The average Bonchev–Trinajstić information content (AvgIpc) is 2.67. The molecule has 7 heteroatoms. The first-order valence-corrected chi connectivity index (χ1v) is 10.4. The number of methoxy groups -OCH3 is 1. The van der Waals surface area contributed by atoms with E-state index in [2.05, 4.69) is 10.0 Å². The van der Waals surface area contributed by atoms with Crippen LogP contribution in [0.5, 0.6) is 5.75 Å². The molecule has 0 radical (unpaired) electrons. The number of amides is 1. The van der Waals surface area contributed by atoms with E-state index in [0.29, 0.717) is 11.4 Å². The van der Waals surface area contributed by atoms with Crippen LogP contribution in [0.2, 0.25) is 0 Å². The number of hydrogen-bond acceptors (Lipinski definition) is 4. The van der Waals surface area contributed by atoms with E-state index in [9.17, 15) is 13.2 Å². The lowest BCUT2D eigenvalue weighted by Crippen LogP contribution is -2.18. The number of anilines is 2. The Bertz CT molecular complexity index is 1120. The number of carbonyl (C=O) groups is 1. The lowest BCUT2D eigenvalue weighted by atomic mass is 10.1. The average molecular weight is 410 g/mol. The van der Waals surface area contributed by atoms with Crippen LogP contribution in [0.15, 0.2) is 71.6 Å². The lowest BCUT2D eigenvalue weighted by molar-refractivity contribution is 0.102. The number of hydrogen-bond donors (Lipinski definition) is 2. The summed E-state index contributed by atoms with van der Waals surface area (Å²) in [4.78, 5) is 12.9. The summed E-state index contributed by atoms with van der Waals surface area (Å²) >= 11 is 0. The van der Waals surface area contributed by atoms with Gasteiger partial charge < -0.3 is 10.1 Å².